The van der Waals surface area contributed by atoms with Crippen LogP contribution in [0.3, 0.4) is 0 Å². The average molecular weight is 265 g/mol. The zero-order valence-corrected chi connectivity index (χ0v) is 12.6. The largest absolute Gasteiger partial charge is 0.494 e. The van der Waals surface area contributed by atoms with Crippen LogP contribution >= 0.6 is 0 Å². The van der Waals surface area contributed by atoms with Crippen molar-refractivity contribution in [3.05, 3.63) is 29.8 Å². The molecule has 0 fully saturated rings. The molecule has 0 amide bonds. The van der Waals surface area contributed by atoms with Crippen LogP contribution in [0.1, 0.15) is 46.1 Å². The monoisotopic (exact) mass is 265 g/mol. The number of unbranched alkanes of at least 4 members (excludes halogenated alkanes) is 1. The molecular formula is C16H27NO2. The molecule has 1 rings (SSSR count). The second-order valence-corrected chi connectivity index (χ2v) is 5.60. The fourth-order valence-electron chi connectivity index (χ4n) is 1.52. The van der Waals surface area contributed by atoms with Gasteiger partial charge in [-0.05, 0) is 44.9 Å². The lowest BCUT2D eigenvalue weighted by atomic mass is 9.98. The predicted octanol–water partition coefficient (Wildman–Crippen LogP) is 3.11. The van der Waals surface area contributed by atoms with Crippen LogP contribution in [-0.4, -0.2) is 23.4 Å². The van der Waals surface area contributed by atoms with E-state index in [0.717, 1.165) is 31.7 Å². The molecule has 0 bridgehead atoms. The van der Waals surface area contributed by atoms with Gasteiger partial charge in [-0.2, -0.15) is 0 Å². The summed E-state index contributed by atoms with van der Waals surface area (Å²) in [6.45, 7) is 9.48. The van der Waals surface area contributed by atoms with E-state index >= 15 is 0 Å². The first-order chi connectivity index (χ1) is 8.95. The van der Waals surface area contributed by atoms with Gasteiger partial charge in [0.15, 0.2) is 0 Å². The summed E-state index contributed by atoms with van der Waals surface area (Å²) < 4.78 is 5.62. The Balaban J connectivity index is 2.44. The summed E-state index contributed by atoms with van der Waals surface area (Å²) in [5.41, 5.74) is 0.910. The maximum absolute atomic E-state index is 9.64. The SMILES string of the molecule is CCCCOc1ccc(CNC(C)(C)C(C)O)cc1. The molecule has 1 atom stereocenters. The van der Waals surface area contributed by atoms with Gasteiger partial charge in [-0.1, -0.05) is 25.5 Å². The molecule has 1 aromatic rings. The van der Waals surface area contributed by atoms with Gasteiger partial charge < -0.3 is 15.2 Å². The molecule has 0 aliphatic carbocycles. The standard InChI is InChI=1S/C16H27NO2/c1-5-6-11-19-15-9-7-14(8-10-15)12-17-16(3,4)13(2)18/h7-10,13,17-18H,5-6,11-12H2,1-4H3. The van der Waals surface area contributed by atoms with Crippen LogP contribution in [0.4, 0.5) is 0 Å². The third kappa shape index (κ3) is 5.62. The highest BCUT2D eigenvalue weighted by Gasteiger charge is 2.22. The Bertz CT molecular complexity index is 358. The van der Waals surface area contributed by atoms with Crippen LogP contribution in [0, 0.1) is 0 Å². The molecule has 0 aliphatic rings. The normalized spacial score (nSPS) is 13.3. The molecular weight excluding hydrogens is 238 g/mol. The van der Waals surface area contributed by atoms with E-state index in [1.807, 2.05) is 26.0 Å². The van der Waals surface area contributed by atoms with E-state index in [1.165, 1.54) is 5.56 Å². The topological polar surface area (TPSA) is 41.5 Å². The molecule has 1 unspecified atom stereocenters. The molecule has 0 radical (unpaired) electrons. The molecule has 19 heavy (non-hydrogen) atoms. The lowest BCUT2D eigenvalue weighted by Gasteiger charge is -2.29. The smallest absolute Gasteiger partial charge is 0.119 e. The van der Waals surface area contributed by atoms with Gasteiger partial charge in [0.2, 0.25) is 0 Å². The van der Waals surface area contributed by atoms with Gasteiger partial charge in [0, 0.05) is 12.1 Å². The maximum Gasteiger partial charge on any atom is 0.119 e. The number of benzene rings is 1. The molecule has 0 aliphatic heterocycles. The summed E-state index contributed by atoms with van der Waals surface area (Å²) in [5.74, 6) is 0.923. The Kier molecular flexibility index (Phi) is 6.32. The van der Waals surface area contributed by atoms with Crippen LogP contribution in [-0.2, 0) is 6.54 Å². The highest BCUT2D eigenvalue weighted by Crippen LogP contribution is 2.14. The van der Waals surface area contributed by atoms with E-state index in [1.54, 1.807) is 6.92 Å². The first-order valence-electron chi connectivity index (χ1n) is 7.10. The van der Waals surface area contributed by atoms with Crippen molar-refractivity contribution in [2.75, 3.05) is 6.61 Å². The number of ether oxygens (including phenoxy) is 1. The third-order valence-electron chi connectivity index (χ3n) is 3.48. The molecule has 0 saturated heterocycles. The third-order valence-corrected chi connectivity index (χ3v) is 3.48. The van der Waals surface area contributed by atoms with E-state index in [-0.39, 0.29) is 11.6 Å². The average Bonchev–Trinajstić information content (AvgIpc) is 2.38. The van der Waals surface area contributed by atoms with Crippen molar-refractivity contribution >= 4 is 0 Å². The fraction of sp³-hybridized carbons (Fsp3) is 0.625. The minimum Gasteiger partial charge on any atom is -0.494 e. The Morgan fingerprint density at radius 2 is 1.89 bits per heavy atom. The Labute approximate surface area is 117 Å². The van der Waals surface area contributed by atoms with Crippen molar-refractivity contribution in [3.8, 4) is 5.75 Å². The first kappa shape index (κ1) is 16.0. The Morgan fingerprint density at radius 3 is 2.42 bits per heavy atom. The quantitative estimate of drug-likeness (QED) is 0.710. The van der Waals surface area contributed by atoms with Crippen molar-refractivity contribution in [1.29, 1.82) is 0 Å². The molecule has 108 valence electrons. The first-order valence-corrected chi connectivity index (χ1v) is 7.10. The van der Waals surface area contributed by atoms with Crippen LogP contribution in [0.2, 0.25) is 0 Å². The van der Waals surface area contributed by atoms with Crippen molar-refractivity contribution in [2.24, 2.45) is 0 Å². The second kappa shape index (κ2) is 7.51. The molecule has 3 heteroatoms. The van der Waals surface area contributed by atoms with Crippen LogP contribution in [0.5, 0.6) is 5.75 Å². The van der Waals surface area contributed by atoms with E-state index < -0.39 is 0 Å². The predicted molar refractivity (Wildman–Crippen MR) is 79.4 cm³/mol. The lowest BCUT2D eigenvalue weighted by molar-refractivity contribution is 0.0956. The number of aliphatic hydroxyl groups excluding tert-OH is 1. The molecule has 2 N–H and O–H groups in total. The van der Waals surface area contributed by atoms with Gasteiger partial charge in [0.25, 0.3) is 0 Å². The zero-order valence-electron chi connectivity index (χ0n) is 12.6. The minimum atomic E-state index is -0.385. The number of nitrogens with one attached hydrogen (secondary N) is 1. The molecule has 3 nitrogen and oxygen atoms in total. The summed E-state index contributed by atoms with van der Waals surface area (Å²) >= 11 is 0. The van der Waals surface area contributed by atoms with Crippen molar-refractivity contribution in [1.82, 2.24) is 5.32 Å². The highest BCUT2D eigenvalue weighted by molar-refractivity contribution is 5.27. The number of aliphatic hydroxyl groups is 1. The lowest BCUT2D eigenvalue weighted by Crippen LogP contribution is -2.47. The molecule has 1 aromatic carbocycles. The van der Waals surface area contributed by atoms with Gasteiger partial charge in [-0.3, -0.25) is 0 Å². The minimum absolute atomic E-state index is 0.281. The Hall–Kier alpha value is -1.06. The molecule has 0 aromatic heterocycles. The number of hydrogen-bond donors (Lipinski definition) is 2. The second-order valence-electron chi connectivity index (χ2n) is 5.60. The van der Waals surface area contributed by atoms with Crippen molar-refractivity contribution < 1.29 is 9.84 Å². The van der Waals surface area contributed by atoms with Gasteiger partial charge >= 0.3 is 0 Å². The Morgan fingerprint density at radius 1 is 1.26 bits per heavy atom. The molecule has 0 spiro atoms. The summed E-state index contributed by atoms with van der Waals surface area (Å²) in [4.78, 5) is 0. The fourth-order valence-corrected chi connectivity index (χ4v) is 1.52. The highest BCUT2D eigenvalue weighted by atomic mass is 16.5. The van der Waals surface area contributed by atoms with Crippen LogP contribution in [0.15, 0.2) is 24.3 Å². The molecule has 0 saturated carbocycles. The van der Waals surface area contributed by atoms with Crippen molar-refractivity contribution in [2.45, 2.75) is 58.7 Å². The number of rotatable bonds is 8. The summed E-state index contributed by atoms with van der Waals surface area (Å²) in [6, 6.07) is 8.13. The van der Waals surface area contributed by atoms with Crippen LogP contribution < -0.4 is 10.1 Å². The number of hydrogen-bond acceptors (Lipinski definition) is 3. The summed E-state index contributed by atoms with van der Waals surface area (Å²) in [6.07, 6.45) is 1.85. The summed E-state index contributed by atoms with van der Waals surface area (Å²) in [5, 5.41) is 13.0. The van der Waals surface area contributed by atoms with Gasteiger partial charge in [-0.15, -0.1) is 0 Å². The van der Waals surface area contributed by atoms with E-state index in [9.17, 15) is 5.11 Å². The van der Waals surface area contributed by atoms with Crippen molar-refractivity contribution in [3.63, 3.8) is 0 Å². The van der Waals surface area contributed by atoms with E-state index in [4.69, 9.17) is 4.74 Å². The summed E-state index contributed by atoms with van der Waals surface area (Å²) in [7, 11) is 0. The zero-order chi connectivity index (χ0) is 14.3. The maximum atomic E-state index is 9.64. The van der Waals surface area contributed by atoms with E-state index in [2.05, 4.69) is 24.4 Å². The van der Waals surface area contributed by atoms with Gasteiger partial charge in [-0.25, -0.2) is 0 Å². The van der Waals surface area contributed by atoms with E-state index in [0.29, 0.717) is 0 Å². The molecule has 0 heterocycles. The van der Waals surface area contributed by atoms with Crippen LogP contribution in [0.25, 0.3) is 0 Å². The van der Waals surface area contributed by atoms with Gasteiger partial charge in [0.1, 0.15) is 5.75 Å². The van der Waals surface area contributed by atoms with Gasteiger partial charge in [0.05, 0.1) is 12.7 Å².